The third-order valence-electron chi connectivity index (χ3n) is 4.95. The number of nitrogens with zero attached hydrogens (tertiary/aromatic N) is 2. The van der Waals surface area contributed by atoms with Crippen LogP contribution < -0.4 is 16.2 Å². The van der Waals surface area contributed by atoms with Crippen LogP contribution in [0.3, 0.4) is 0 Å². The van der Waals surface area contributed by atoms with E-state index in [1.807, 2.05) is 12.1 Å². The number of thiophene rings is 1. The molecule has 10 heteroatoms. The van der Waals surface area contributed by atoms with Crippen molar-refractivity contribution in [3.05, 3.63) is 76.1 Å². The Morgan fingerprint density at radius 2 is 1.85 bits per heavy atom. The second-order valence-corrected chi connectivity index (χ2v) is 8.49. The van der Waals surface area contributed by atoms with Gasteiger partial charge in [0.05, 0.1) is 11.1 Å². The van der Waals surface area contributed by atoms with Crippen LogP contribution in [0.4, 0.5) is 24.8 Å². The van der Waals surface area contributed by atoms with Gasteiger partial charge in [-0.2, -0.15) is 13.2 Å². The molecule has 0 spiro atoms. The van der Waals surface area contributed by atoms with Crippen molar-refractivity contribution in [2.24, 2.45) is 7.05 Å². The molecule has 0 atom stereocenters. The molecule has 2 aromatic carbocycles. The summed E-state index contributed by atoms with van der Waals surface area (Å²) in [6.07, 6.45) is -4.45. The molecule has 0 unspecified atom stereocenters. The lowest BCUT2D eigenvalue weighted by Crippen LogP contribution is -2.21. The van der Waals surface area contributed by atoms with Crippen molar-refractivity contribution in [2.75, 3.05) is 10.6 Å². The number of alkyl halides is 3. The minimum Gasteiger partial charge on any atom is -0.351 e. The lowest BCUT2D eigenvalue weighted by molar-refractivity contribution is -0.137. The Balaban J connectivity index is 1.60. The van der Waals surface area contributed by atoms with Gasteiger partial charge in [-0.15, -0.1) is 11.3 Å². The van der Waals surface area contributed by atoms with Gasteiger partial charge in [-0.3, -0.25) is 14.2 Å². The van der Waals surface area contributed by atoms with Crippen molar-refractivity contribution >= 4 is 39.1 Å². The van der Waals surface area contributed by atoms with E-state index >= 15 is 0 Å². The first-order valence-corrected chi connectivity index (χ1v) is 10.7. The smallest absolute Gasteiger partial charge is 0.351 e. The van der Waals surface area contributed by atoms with Crippen molar-refractivity contribution in [1.29, 1.82) is 0 Å². The Bertz CT molecular complexity index is 1390. The summed E-state index contributed by atoms with van der Waals surface area (Å²) >= 11 is 1.11. The van der Waals surface area contributed by atoms with Crippen molar-refractivity contribution in [1.82, 2.24) is 9.55 Å². The highest BCUT2D eigenvalue weighted by atomic mass is 32.1. The standard InChI is InChI=1S/C23H19F3N4O2S/c1-13(31)28-17-8-6-14(7-9-17)12-27-22-29-18-11-19(33-20(18)21(32)30(22)2)15-4-3-5-16(10-15)23(24,25)26/h3-11H,12H2,1-2H3,(H,27,29)(H,28,31). The van der Waals surface area contributed by atoms with Crippen molar-refractivity contribution in [2.45, 2.75) is 19.6 Å². The summed E-state index contributed by atoms with van der Waals surface area (Å²) in [7, 11) is 1.58. The number of benzene rings is 2. The van der Waals surface area contributed by atoms with Crippen LogP contribution in [0.25, 0.3) is 20.7 Å². The summed E-state index contributed by atoms with van der Waals surface area (Å²) in [6, 6.07) is 13.9. The van der Waals surface area contributed by atoms with E-state index in [9.17, 15) is 22.8 Å². The molecule has 170 valence electrons. The van der Waals surface area contributed by atoms with E-state index < -0.39 is 11.7 Å². The van der Waals surface area contributed by atoms with Gasteiger partial charge in [0.25, 0.3) is 5.56 Å². The molecule has 0 saturated carbocycles. The Kier molecular flexibility index (Phi) is 5.94. The number of rotatable bonds is 5. The lowest BCUT2D eigenvalue weighted by atomic mass is 10.1. The molecule has 6 nitrogen and oxygen atoms in total. The fourth-order valence-electron chi connectivity index (χ4n) is 3.29. The van der Waals surface area contributed by atoms with Gasteiger partial charge in [0, 0.05) is 31.1 Å². The number of hydrogen-bond acceptors (Lipinski definition) is 5. The highest BCUT2D eigenvalue weighted by Crippen LogP contribution is 2.36. The van der Waals surface area contributed by atoms with Gasteiger partial charge in [-0.05, 0) is 41.5 Å². The van der Waals surface area contributed by atoms with Gasteiger partial charge in [-0.25, -0.2) is 4.98 Å². The first-order chi connectivity index (χ1) is 15.6. The Labute approximate surface area is 190 Å². The molecule has 2 heterocycles. The molecule has 0 aliphatic carbocycles. The minimum absolute atomic E-state index is 0.159. The molecule has 4 rings (SSSR count). The van der Waals surface area contributed by atoms with Gasteiger partial charge in [0.15, 0.2) is 0 Å². The third kappa shape index (κ3) is 4.90. The number of nitrogens with one attached hydrogen (secondary N) is 2. The number of halogens is 3. The van der Waals surface area contributed by atoms with E-state index in [4.69, 9.17) is 0 Å². The Morgan fingerprint density at radius 3 is 2.52 bits per heavy atom. The number of aromatic nitrogens is 2. The molecule has 0 aliphatic rings. The van der Waals surface area contributed by atoms with Crippen molar-refractivity contribution in [3.8, 4) is 10.4 Å². The van der Waals surface area contributed by atoms with Crippen LogP contribution in [-0.4, -0.2) is 15.5 Å². The summed E-state index contributed by atoms with van der Waals surface area (Å²) in [6.45, 7) is 1.82. The fourth-order valence-corrected chi connectivity index (χ4v) is 4.36. The highest BCUT2D eigenvalue weighted by Gasteiger charge is 2.30. The van der Waals surface area contributed by atoms with Gasteiger partial charge < -0.3 is 10.6 Å². The SMILES string of the molecule is CC(=O)Nc1ccc(CNc2nc3cc(-c4cccc(C(F)(F)F)c4)sc3c(=O)n2C)cc1. The lowest BCUT2D eigenvalue weighted by Gasteiger charge is -2.10. The molecule has 0 fully saturated rings. The number of anilines is 2. The highest BCUT2D eigenvalue weighted by molar-refractivity contribution is 7.22. The third-order valence-corrected chi connectivity index (χ3v) is 6.12. The molecule has 0 bridgehead atoms. The number of fused-ring (bicyclic) bond motifs is 1. The molecular formula is C23H19F3N4O2S. The molecule has 0 radical (unpaired) electrons. The van der Waals surface area contributed by atoms with E-state index in [0.29, 0.717) is 38.8 Å². The maximum Gasteiger partial charge on any atom is 0.416 e. The topological polar surface area (TPSA) is 76.0 Å². The number of hydrogen-bond donors (Lipinski definition) is 2. The second kappa shape index (κ2) is 8.70. The average Bonchev–Trinajstić information content (AvgIpc) is 3.20. The monoisotopic (exact) mass is 472 g/mol. The molecule has 4 aromatic rings. The normalized spacial score (nSPS) is 11.5. The van der Waals surface area contributed by atoms with E-state index in [0.717, 1.165) is 29.0 Å². The average molecular weight is 472 g/mol. The fraction of sp³-hybridized carbons (Fsp3) is 0.174. The van der Waals surface area contributed by atoms with Gasteiger partial charge in [0.1, 0.15) is 4.70 Å². The largest absolute Gasteiger partial charge is 0.416 e. The van der Waals surface area contributed by atoms with Crippen LogP contribution in [0.1, 0.15) is 18.1 Å². The van der Waals surface area contributed by atoms with Crippen LogP contribution in [-0.2, 0) is 24.6 Å². The zero-order valence-corrected chi connectivity index (χ0v) is 18.5. The second-order valence-electron chi connectivity index (χ2n) is 7.43. The zero-order valence-electron chi connectivity index (χ0n) is 17.7. The Morgan fingerprint density at radius 1 is 1.12 bits per heavy atom. The summed E-state index contributed by atoms with van der Waals surface area (Å²) in [4.78, 5) is 29.0. The van der Waals surface area contributed by atoms with Crippen molar-refractivity contribution in [3.63, 3.8) is 0 Å². The first-order valence-electron chi connectivity index (χ1n) is 9.90. The minimum atomic E-state index is -4.45. The van der Waals surface area contributed by atoms with Crippen LogP contribution >= 0.6 is 11.3 Å². The predicted octanol–water partition coefficient (Wildman–Crippen LogP) is 5.25. The van der Waals surface area contributed by atoms with E-state index in [2.05, 4.69) is 15.6 Å². The molecule has 0 saturated heterocycles. The molecule has 33 heavy (non-hydrogen) atoms. The summed E-state index contributed by atoms with van der Waals surface area (Å²) in [5.74, 6) is 0.181. The zero-order chi connectivity index (χ0) is 23.8. The van der Waals surface area contributed by atoms with E-state index in [1.165, 1.54) is 17.6 Å². The maximum atomic E-state index is 13.1. The summed E-state index contributed by atoms with van der Waals surface area (Å²) < 4.78 is 41.0. The molecule has 1 amide bonds. The first kappa shape index (κ1) is 22.5. The summed E-state index contributed by atoms with van der Waals surface area (Å²) in [5.41, 5.74) is 1.35. The molecule has 0 aliphatic heterocycles. The van der Waals surface area contributed by atoms with Crippen molar-refractivity contribution < 1.29 is 18.0 Å². The number of carbonyl (C=O) groups is 1. The molecular weight excluding hydrogens is 453 g/mol. The molecule has 2 N–H and O–H groups in total. The maximum absolute atomic E-state index is 13.1. The quantitative estimate of drug-likeness (QED) is 0.416. The molecule has 2 aromatic heterocycles. The van der Waals surface area contributed by atoms with Crippen LogP contribution in [0.2, 0.25) is 0 Å². The van der Waals surface area contributed by atoms with Crippen LogP contribution in [0, 0.1) is 0 Å². The number of amides is 1. The van der Waals surface area contributed by atoms with Gasteiger partial charge in [-0.1, -0.05) is 24.3 Å². The Hall–Kier alpha value is -3.66. The van der Waals surface area contributed by atoms with E-state index in [1.54, 1.807) is 31.3 Å². The summed E-state index contributed by atoms with van der Waals surface area (Å²) in [5, 5.41) is 5.81. The van der Waals surface area contributed by atoms with Gasteiger partial charge >= 0.3 is 6.18 Å². The van der Waals surface area contributed by atoms with E-state index in [-0.39, 0.29) is 11.5 Å². The number of carbonyl (C=O) groups excluding carboxylic acids is 1. The predicted molar refractivity (Wildman–Crippen MR) is 123 cm³/mol. The van der Waals surface area contributed by atoms with Gasteiger partial charge in [0.2, 0.25) is 11.9 Å². The van der Waals surface area contributed by atoms with Crippen LogP contribution in [0.5, 0.6) is 0 Å². The van der Waals surface area contributed by atoms with Crippen LogP contribution in [0.15, 0.2) is 59.4 Å².